The minimum atomic E-state index is -0.162. The summed E-state index contributed by atoms with van der Waals surface area (Å²) in [6.45, 7) is 5.34. The molecule has 2 atom stereocenters. The van der Waals surface area contributed by atoms with Gasteiger partial charge < -0.3 is 5.32 Å². The van der Waals surface area contributed by atoms with Crippen molar-refractivity contribution in [3.63, 3.8) is 0 Å². The van der Waals surface area contributed by atoms with Gasteiger partial charge in [0.15, 0.2) is 0 Å². The van der Waals surface area contributed by atoms with Gasteiger partial charge in [-0.25, -0.2) is 4.39 Å². The summed E-state index contributed by atoms with van der Waals surface area (Å²) in [4.78, 5) is 0. The lowest BCUT2D eigenvalue weighted by molar-refractivity contribution is 0.166. The Bertz CT molecular complexity index is 385. The van der Waals surface area contributed by atoms with Gasteiger partial charge in [-0.3, -0.25) is 0 Å². The molecule has 0 saturated heterocycles. The van der Waals surface area contributed by atoms with E-state index in [2.05, 4.69) is 19.2 Å². The third-order valence-corrected chi connectivity index (χ3v) is 4.25. The van der Waals surface area contributed by atoms with Crippen LogP contribution in [0.2, 0.25) is 5.02 Å². The highest BCUT2D eigenvalue weighted by Gasteiger charge is 2.31. The van der Waals surface area contributed by atoms with E-state index in [0.717, 1.165) is 13.0 Å². The molecule has 1 N–H and O–H groups in total. The average molecular weight is 270 g/mol. The molecule has 1 aliphatic rings. The van der Waals surface area contributed by atoms with Crippen LogP contribution >= 0.6 is 11.6 Å². The molecule has 18 heavy (non-hydrogen) atoms. The summed E-state index contributed by atoms with van der Waals surface area (Å²) in [6.07, 6.45) is 3.21. The monoisotopic (exact) mass is 269 g/mol. The van der Waals surface area contributed by atoms with Gasteiger partial charge in [0.25, 0.3) is 0 Å². The van der Waals surface area contributed by atoms with Crippen molar-refractivity contribution >= 4 is 11.6 Å². The first kappa shape index (κ1) is 13.8. The van der Waals surface area contributed by atoms with Crippen LogP contribution in [0.15, 0.2) is 18.2 Å². The lowest BCUT2D eigenvalue weighted by Crippen LogP contribution is -2.38. The second-order valence-electron chi connectivity index (χ2n) is 5.56. The third-order valence-electron chi connectivity index (χ3n) is 3.89. The predicted molar refractivity (Wildman–Crippen MR) is 74.5 cm³/mol. The van der Waals surface area contributed by atoms with Gasteiger partial charge in [0, 0.05) is 16.6 Å². The molecule has 0 amide bonds. The third kappa shape index (κ3) is 3.24. The van der Waals surface area contributed by atoms with Crippen molar-refractivity contribution in [1.29, 1.82) is 0 Å². The van der Waals surface area contributed by atoms with Crippen LogP contribution < -0.4 is 5.32 Å². The smallest absolute Gasteiger partial charge is 0.127 e. The Balaban J connectivity index is 1.93. The molecule has 0 aromatic heterocycles. The second kappa shape index (κ2) is 6.03. The molecular weight excluding hydrogens is 249 g/mol. The SMILES string of the molecule is CC(C)NCC1CCC1Cc1c(F)cccc1Cl. The summed E-state index contributed by atoms with van der Waals surface area (Å²) in [5.74, 6) is 1.08. The van der Waals surface area contributed by atoms with Gasteiger partial charge in [0.2, 0.25) is 0 Å². The summed E-state index contributed by atoms with van der Waals surface area (Å²) >= 11 is 6.07. The zero-order chi connectivity index (χ0) is 13.1. The van der Waals surface area contributed by atoms with Crippen LogP contribution in [0.25, 0.3) is 0 Å². The van der Waals surface area contributed by atoms with Gasteiger partial charge in [-0.1, -0.05) is 31.5 Å². The van der Waals surface area contributed by atoms with Crippen molar-refractivity contribution in [3.05, 3.63) is 34.6 Å². The molecule has 0 bridgehead atoms. The second-order valence-corrected chi connectivity index (χ2v) is 5.97. The summed E-state index contributed by atoms with van der Waals surface area (Å²) in [6, 6.07) is 5.46. The summed E-state index contributed by atoms with van der Waals surface area (Å²) < 4.78 is 13.7. The maximum Gasteiger partial charge on any atom is 0.127 e. The Labute approximate surface area is 114 Å². The van der Waals surface area contributed by atoms with Gasteiger partial charge in [-0.15, -0.1) is 0 Å². The van der Waals surface area contributed by atoms with E-state index in [0.29, 0.717) is 28.5 Å². The first-order valence-corrected chi connectivity index (χ1v) is 7.12. The van der Waals surface area contributed by atoms with E-state index in [1.54, 1.807) is 12.1 Å². The van der Waals surface area contributed by atoms with Gasteiger partial charge in [-0.2, -0.15) is 0 Å². The van der Waals surface area contributed by atoms with Gasteiger partial charge in [0.05, 0.1) is 0 Å². The van der Waals surface area contributed by atoms with Crippen LogP contribution in [-0.4, -0.2) is 12.6 Å². The number of halogens is 2. The van der Waals surface area contributed by atoms with Crippen LogP contribution in [-0.2, 0) is 6.42 Å². The summed E-state index contributed by atoms with van der Waals surface area (Å²) in [5.41, 5.74) is 0.693. The zero-order valence-corrected chi connectivity index (χ0v) is 11.8. The number of nitrogens with one attached hydrogen (secondary N) is 1. The van der Waals surface area contributed by atoms with E-state index in [4.69, 9.17) is 11.6 Å². The molecule has 1 fully saturated rings. The van der Waals surface area contributed by atoms with Crippen LogP contribution in [0.4, 0.5) is 4.39 Å². The molecule has 2 unspecified atom stereocenters. The quantitative estimate of drug-likeness (QED) is 0.850. The maximum atomic E-state index is 13.7. The molecule has 0 heterocycles. The minimum absolute atomic E-state index is 0.162. The number of hydrogen-bond acceptors (Lipinski definition) is 1. The molecule has 1 nitrogen and oxygen atoms in total. The lowest BCUT2D eigenvalue weighted by Gasteiger charge is -2.37. The normalized spacial score (nSPS) is 23.2. The number of rotatable bonds is 5. The van der Waals surface area contributed by atoms with Crippen molar-refractivity contribution in [2.75, 3.05) is 6.54 Å². The van der Waals surface area contributed by atoms with Crippen LogP contribution in [0, 0.1) is 17.7 Å². The molecule has 3 heteroatoms. The Morgan fingerprint density at radius 1 is 1.33 bits per heavy atom. The Hall–Kier alpha value is -0.600. The van der Waals surface area contributed by atoms with E-state index in [-0.39, 0.29) is 5.82 Å². The average Bonchev–Trinajstić information content (AvgIpc) is 2.26. The maximum absolute atomic E-state index is 13.7. The first-order valence-electron chi connectivity index (χ1n) is 6.74. The van der Waals surface area contributed by atoms with Crippen molar-refractivity contribution in [3.8, 4) is 0 Å². The molecule has 0 spiro atoms. The van der Waals surface area contributed by atoms with Gasteiger partial charge >= 0.3 is 0 Å². The molecule has 1 saturated carbocycles. The van der Waals surface area contributed by atoms with E-state index in [1.807, 2.05) is 0 Å². The molecule has 2 rings (SSSR count). The van der Waals surface area contributed by atoms with Crippen molar-refractivity contribution in [2.45, 2.75) is 39.2 Å². The van der Waals surface area contributed by atoms with Crippen molar-refractivity contribution in [2.24, 2.45) is 11.8 Å². The first-order chi connectivity index (χ1) is 8.58. The number of benzene rings is 1. The Kier molecular flexibility index (Phi) is 4.63. The van der Waals surface area contributed by atoms with Gasteiger partial charge in [0.1, 0.15) is 5.82 Å². The molecule has 100 valence electrons. The fourth-order valence-corrected chi connectivity index (χ4v) is 2.79. The highest BCUT2D eigenvalue weighted by atomic mass is 35.5. The lowest BCUT2D eigenvalue weighted by atomic mass is 9.70. The Morgan fingerprint density at radius 3 is 2.61 bits per heavy atom. The Morgan fingerprint density at radius 2 is 2.06 bits per heavy atom. The van der Waals surface area contributed by atoms with E-state index >= 15 is 0 Å². The van der Waals surface area contributed by atoms with Crippen LogP contribution in [0.5, 0.6) is 0 Å². The largest absolute Gasteiger partial charge is 0.314 e. The standard InChI is InChI=1S/C15H21ClFN/c1-10(2)18-9-12-7-6-11(12)8-13-14(16)4-3-5-15(13)17/h3-5,10-12,18H,6-9H2,1-2H3. The van der Waals surface area contributed by atoms with Crippen molar-refractivity contribution in [1.82, 2.24) is 5.32 Å². The van der Waals surface area contributed by atoms with Crippen LogP contribution in [0.1, 0.15) is 32.3 Å². The topological polar surface area (TPSA) is 12.0 Å². The van der Waals surface area contributed by atoms with E-state index in [1.165, 1.54) is 18.9 Å². The zero-order valence-electron chi connectivity index (χ0n) is 11.0. The fourth-order valence-electron chi connectivity index (χ4n) is 2.55. The van der Waals surface area contributed by atoms with E-state index in [9.17, 15) is 4.39 Å². The minimum Gasteiger partial charge on any atom is -0.314 e. The van der Waals surface area contributed by atoms with Gasteiger partial charge in [-0.05, 0) is 49.8 Å². The van der Waals surface area contributed by atoms with Crippen LogP contribution in [0.3, 0.4) is 0 Å². The highest BCUT2D eigenvalue weighted by molar-refractivity contribution is 6.31. The molecule has 1 aromatic rings. The highest BCUT2D eigenvalue weighted by Crippen LogP contribution is 2.38. The summed E-state index contributed by atoms with van der Waals surface area (Å²) in [7, 11) is 0. The predicted octanol–water partition coefficient (Wildman–Crippen LogP) is 4.05. The molecular formula is C15H21ClFN. The van der Waals surface area contributed by atoms with Crippen molar-refractivity contribution < 1.29 is 4.39 Å². The molecule has 1 aliphatic carbocycles. The molecule has 1 aromatic carbocycles. The number of hydrogen-bond donors (Lipinski definition) is 1. The molecule has 0 radical (unpaired) electrons. The van der Waals surface area contributed by atoms with E-state index < -0.39 is 0 Å². The summed E-state index contributed by atoms with van der Waals surface area (Å²) in [5, 5.41) is 4.03. The molecule has 0 aliphatic heterocycles. The fraction of sp³-hybridized carbons (Fsp3) is 0.600.